The Hall–Kier alpha value is -3.40. The van der Waals surface area contributed by atoms with Crippen molar-refractivity contribution in [2.24, 2.45) is 10.8 Å². The average molecular weight is 488 g/mol. The third-order valence-electron chi connectivity index (χ3n) is 5.01. The van der Waals surface area contributed by atoms with Crippen molar-refractivity contribution in [1.82, 2.24) is 15.6 Å². The van der Waals surface area contributed by atoms with Crippen molar-refractivity contribution in [3.05, 3.63) is 76.1 Å². The number of aliphatic imine (C=N–C) groups is 1. The fraction of sp³-hybridized carbons (Fsp3) is 0.292. The Morgan fingerprint density at radius 1 is 1.26 bits per heavy atom. The van der Waals surface area contributed by atoms with E-state index in [1.165, 1.54) is 23.9 Å². The van der Waals surface area contributed by atoms with Gasteiger partial charge in [-0.3, -0.25) is 14.6 Å². The number of hydrogen-bond donors (Lipinski definition) is 4. The molecule has 0 radical (unpaired) electrons. The molecule has 0 saturated heterocycles. The van der Waals surface area contributed by atoms with Crippen LogP contribution in [0.2, 0.25) is 5.02 Å². The maximum Gasteiger partial charge on any atom is 0.307 e. The number of ether oxygens (including phenoxy) is 1. The van der Waals surface area contributed by atoms with E-state index in [1.54, 1.807) is 31.5 Å². The highest BCUT2D eigenvalue weighted by Gasteiger charge is 2.17. The Kier molecular flexibility index (Phi) is 10.5. The highest BCUT2D eigenvalue weighted by molar-refractivity contribution is 6.30. The van der Waals surface area contributed by atoms with Gasteiger partial charge < -0.3 is 26.1 Å². The average Bonchev–Trinajstić information content (AvgIpc) is 2.83. The molecule has 182 valence electrons. The van der Waals surface area contributed by atoms with Crippen LogP contribution < -0.4 is 26.9 Å². The van der Waals surface area contributed by atoms with Crippen molar-refractivity contribution in [3.63, 3.8) is 0 Å². The van der Waals surface area contributed by atoms with Crippen LogP contribution in [0.25, 0.3) is 0 Å². The predicted octanol–water partition coefficient (Wildman–Crippen LogP) is 1.46. The van der Waals surface area contributed by atoms with Gasteiger partial charge in [-0.15, -0.1) is 0 Å². The van der Waals surface area contributed by atoms with E-state index in [4.69, 9.17) is 22.2 Å². The molecule has 0 spiro atoms. The summed E-state index contributed by atoms with van der Waals surface area (Å²) in [6, 6.07) is 12.3. The standard InChI is InChI=1S/C24H31ClN6O3/c1-4-16-5-7-17(8-6-16)21(14-28-2)30-24(33)20(26)15-31(27)12-11-29-23(32)19-10-9-18(25)13-22(19)34-3/h5-10,13-15,21H,4,11-12,26-27H2,1-3H3,(H,29,32)(H,30,33)/p+1/b20-15-,28-14?. The van der Waals surface area contributed by atoms with Gasteiger partial charge in [-0.25, -0.2) is 5.84 Å². The Morgan fingerprint density at radius 3 is 2.59 bits per heavy atom. The van der Waals surface area contributed by atoms with Gasteiger partial charge in [0.2, 0.25) is 5.70 Å². The molecule has 0 aliphatic rings. The van der Waals surface area contributed by atoms with E-state index in [0.717, 1.165) is 12.0 Å². The number of hydrogen-bond acceptors (Lipinski definition) is 6. The molecule has 0 heterocycles. The number of benzene rings is 2. The lowest BCUT2D eigenvalue weighted by molar-refractivity contribution is -0.300. The first-order valence-electron chi connectivity index (χ1n) is 10.8. The number of methoxy groups -OCH3 is 1. The number of hydrazine groups is 1. The van der Waals surface area contributed by atoms with E-state index in [-0.39, 0.29) is 30.6 Å². The van der Waals surface area contributed by atoms with Gasteiger partial charge in [-0.1, -0.05) is 42.8 Å². The third kappa shape index (κ3) is 7.87. The lowest BCUT2D eigenvalue weighted by Gasteiger charge is -2.17. The number of nitrogens with zero attached hydrogens (tertiary/aromatic N) is 2. The molecular formula is C24H32ClN6O3+. The zero-order valence-electron chi connectivity index (χ0n) is 19.7. The highest BCUT2D eigenvalue weighted by atomic mass is 35.5. The summed E-state index contributed by atoms with van der Waals surface area (Å²) in [5, 5.41) is 7.41. The smallest absolute Gasteiger partial charge is 0.307 e. The van der Waals surface area contributed by atoms with Gasteiger partial charge in [-0.2, -0.15) is 0 Å². The number of quaternary nitrogens is 1. The summed E-state index contributed by atoms with van der Waals surface area (Å²) in [5.41, 5.74) is 6.45. The number of nitrogens with two attached hydrogens (primary N) is 1. The summed E-state index contributed by atoms with van der Waals surface area (Å²) >= 11 is 5.93. The number of carbonyl (C=O) groups is 2. The Labute approximate surface area is 204 Å². The van der Waals surface area contributed by atoms with Crippen molar-refractivity contribution in [1.29, 1.82) is 0 Å². The molecular weight excluding hydrogens is 456 g/mol. The van der Waals surface area contributed by atoms with Crippen LogP contribution in [0.1, 0.15) is 34.5 Å². The van der Waals surface area contributed by atoms with E-state index in [0.29, 0.717) is 16.3 Å². The maximum absolute atomic E-state index is 12.6. The highest BCUT2D eigenvalue weighted by Crippen LogP contribution is 2.22. The molecule has 10 heteroatoms. The molecule has 1 unspecified atom stereocenters. The normalized spacial score (nSPS) is 12.4. The molecule has 2 aromatic carbocycles. The Balaban J connectivity index is 1.92. The van der Waals surface area contributed by atoms with Crippen molar-refractivity contribution < 1.29 is 20.1 Å². The zero-order valence-corrected chi connectivity index (χ0v) is 20.4. The van der Waals surface area contributed by atoms with Crippen molar-refractivity contribution in [2.75, 3.05) is 27.2 Å². The molecule has 2 amide bonds. The topological polar surface area (TPSA) is 137 Å². The van der Waals surface area contributed by atoms with Gasteiger partial charge in [0.25, 0.3) is 5.91 Å². The fourth-order valence-corrected chi connectivity index (χ4v) is 3.28. The van der Waals surface area contributed by atoms with E-state index in [1.807, 2.05) is 24.3 Å². The predicted molar refractivity (Wildman–Crippen MR) is 133 cm³/mol. The van der Waals surface area contributed by atoms with Crippen LogP contribution in [0.5, 0.6) is 5.75 Å². The van der Waals surface area contributed by atoms with Crippen LogP contribution in [0.15, 0.2) is 59.4 Å². The number of carbonyl (C=O) groups excluding carboxylic acids is 2. The molecule has 2 aromatic rings. The molecule has 0 aromatic heterocycles. The second kappa shape index (κ2) is 13.3. The van der Waals surface area contributed by atoms with E-state index in [2.05, 4.69) is 28.3 Å². The minimum absolute atomic E-state index is 0.174. The SMILES string of the molecule is CCc1ccc(C(C=NC)NC(=O)/C([NH3+])=C/N(N)CCNC(=O)c2ccc(Cl)cc2OC)cc1. The largest absolute Gasteiger partial charge is 0.496 e. The molecule has 0 fully saturated rings. The first-order valence-corrected chi connectivity index (χ1v) is 11.2. The van der Waals surface area contributed by atoms with Crippen molar-refractivity contribution >= 4 is 29.6 Å². The summed E-state index contributed by atoms with van der Waals surface area (Å²) < 4.78 is 5.19. The lowest BCUT2D eigenvalue weighted by atomic mass is 10.0. The molecule has 0 bridgehead atoms. The quantitative estimate of drug-likeness (QED) is 0.164. The molecule has 1 atom stereocenters. The van der Waals surface area contributed by atoms with Crippen molar-refractivity contribution in [3.8, 4) is 5.75 Å². The third-order valence-corrected chi connectivity index (χ3v) is 5.24. The molecule has 0 saturated carbocycles. The fourth-order valence-electron chi connectivity index (χ4n) is 3.12. The van der Waals surface area contributed by atoms with E-state index in [9.17, 15) is 9.59 Å². The number of rotatable bonds is 11. The minimum Gasteiger partial charge on any atom is -0.496 e. The van der Waals surface area contributed by atoms with Gasteiger partial charge in [-0.05, 0) is 35.7 Å². The first-order chi connectivity index (χ1) is 16.3. The maximum atomic E-state index is 12.6. The summed E-state index contributed by atoms with van der Waals surface area (Å²) in [6.07, 6.45) is 4.02. The molecule has 9 nitrogen and oxygen atoms in total. The Morgan fingerprint density at radius 2 is 1.97 bits per heavy atom. The molecule has 0 aliphatic heterocycles. The number of nitrogens with one attached hydrogen (secondary N) is 2. The van der Waals surface area contributed by atoms with Crippen LogP contribution in [0, 0.1) is 0 Å². The molecule has 0 aliphatic carbocycles. The van der Waals surface area contributed by atoms with Crippen LogP contribution in [0.3, 0.4) is 0 Å². The summed E-state index contributed by atoms with van der Waals surface area (Å²) in [4.78, 5) is 29.1. The van der Waals surface area contributed by atoms with E-state index >= 15 is 0 Å². The lowest BCUT2D eigenvalue weighted by Crippen LogP contribution is -2.56. The van der Waals surface area contributed by atoms with Gasteiger partial charge in [0.15, 0.2) is 0 Å². The van der Waals surface area contributed by atoms with Crippen LogP contribution in [0.4, 0.5) is 0 Å². The summed E-state index contributed by atoms with van der Waals surface area (Å²) in [6.45, 7) is 2.58. The number of amides is 2. The summed E-state index contributed by atoms with van der Waals surface area (Å²) in [7, 11) is 3.11. The van der Waals surface area contributed by atoms with Gasteiger partial charge in [0, 0.05) is 24.8 Å². The zero-order chi connectivity index (χ0) is 25.1. The number of aryl methyl sites for hydroxylation is 1. The van der Waals surface area contributed by atoms with Crippen LogP contribution in [-0.4, -0.2) is 50.3 Å². The second-order valence-corrected chi connectivity index (χ2v) is 7.88. The van der Waals surface area contributed by atoms with E-state index < -0.39 is 6.04 Å². The van der Waals surface area contributed by atoms with Gasteiger partial charge in [0.1, 0.15) is 5.75 Å². The Bertz CT molecular complexity index is 1040. The minimum atomic E-state index is -0.395. The number of halogens is 1. The summed E-state index contributed by atoms with van der Waals surface area (Å²) in [5.74, 6) is 5.63. The van der Waals surface area contributed by atoms with Gasteiger partial charge >= 0.3 is 5.91 Å². The monoisotopic (exact) mass is 487 g/mol. The molecule has 7 N–H and O–H groups in total. The van der Waals surface area contributed by atoms with Crippen LogP contribution >= 0.6 is 11.6 Å². The van der Waals surface area contributed by atoms with Gasteiger partial charge in [0.05, 0.1) is 31.5 Å². The second-order valence-electron chi connectivity index (χ2n) is 7.45. The van der Waals surface area contributed by atoms with Crippen LogP contribution in [-0.2, 0) is 11.2 Å². The van der Waals surface area contributed by atoms with Crippen molar-refractivity contribution in [2.45, 2.75) is 19.4 Å². The molecule has 2 rings (SSSR count). The first kappa shape index (κ1) is 26.8. The molecule has 34 heavy (non-hydrogen) atoms.